The van der Waals surface area contributed by atoms with Crippen LogP contribution in [0.5, 0.6) is 0 Å². The predicted molar refractivity (Wildman–Crippen MR) is 110 cm³/mol. The number of amides is 3. The van der Waals surface area contributed by atoms with Crippen LogP contribution in [0.25, 0.3) is 0 Å². The molecule has 0 radical (unpaired) electrons. The van der Waals surface area contributed by atoms with Gasteiger partial charge in [-0.1, -0.05) is 62.2 Å². The van der Waals surface area contributed by atoms with Gasteiger partial charge in [-0.25, -0.2) is 0 Å². The van der Waals surface area contributed by atoms with Crippen molar-refractivity contribution in [3.8, 4) is 0 Å². The topological polar surface area (TPSA) is 66.5 Å². The smallest absolute Gasteiger partial charge is 0.262 e. The lowest BCUT2D eigenvalue weighted by Gasteiger charge is -2.33. The number of hydrogen-bond donors (Lipinski definition) is 1. The van der Waals surface area contributed by atoms with Crippen molar-refractivity contribution in [3.05, 3.63) is 71.3 Å². The van der Waals surface area contributed by atoms with E-state index >= 15 is 0 Å². The first-order valence-electron chi connectivity index (χ1n) is 10.4. The molecule has 2 unspecified atom stereocenters. The first kappa shape index (κ1) is 19.4. The van der Waals surface area contributed by atoms with Crippen LogP contribution in [-0.2, 0) is 11.2 Å². The average molecular weight is 390 g/mol. The molecule has 2 aliphatic rings. The number of carbonyl (C=O) groups excluding carboxylic acids is 3. The Kier molecular flexibility index (Phi) is 5.47. The van der Waals surface area contributed by atoms with Gasteiger partial charge in [0.15, 0.2) is 0 Å². The maximum Gasteiger partial charge on any atom is 0.262 e. The zero-order chi connectivity index (χ0) is 20.4. The first-order valence-corrected chi connectivity index (χ1v) is 10.4. The van der Waals surface area contributed by atoms with Crippen LogP contribution in [0.1, 0.15) is 58.9 Å². The Hall–Kier alpha value is -2.95. The zero-order valence-corrected chi connectivity index (χ0v) is 16.6. The molecule has 3 atom stereocenters. The Morgan fingerprint density at radius 1 is 0.966 bits per heavy atom. The molecule has 3 amide bonds. The van der Waals surface area contributed by atoms with Crippen molar-refractivity contribution < 1.29 is 14.4 Å². The highest BCUT2D eigenvalue weighted by Gasteiger charge is 2.43. The highest BCUT2D eigenvalue weighted by Crippen LogP contribution is 2.28. The molecule has 1 aliphatic heterocycles. The fourth-order valence-corrected chi connectivity index (χ4v) is 4.44. The molecule has 1 heterocycles. The number of imide groups is 1. The lowest BCUT2D eigenvalue weighted by Crippen LogP contribution is -2.54. The molecule has 2 aromatic rings. The standard InChI is InChI=1S/C24H26N2O3/c1-16-9-5-8-14-20(16)25-22(27)21(15-17-10-3-2-4-11-17)26-23(28)18-12-6-7-13-19(18)24(26)29/h2-4,6-7,10-13,16,20-21H,5,8-9,14-15H2,1H3,(H,25,27)/t16?,20?,21-/m0/s1. The van der Waals surface area contributed by atoms with Crippen molar-refractivity contribution >= 4 is 17.7 Å². The lowest BCUT2D eigenvalue weighted by atomic mass is 9.85. The first-order chi connectivity index (χ1) is 14.1. The molecule has 0 spiro atoms. The van der Waals surface area contributed by atoms with Crippen LogP contribution >= 0.6 is 0 Å². The lowest BCUT2D eigenvalue weighted by molar-refractivity contribution is -0.126. The van der Waals surface area contributed by atoms with Crippen molar-refractivity contribution in [1.82, 2.24) is 10.2 Å². The Labute approximate surface area is 171 Å². The number of rotatable bonds is 5. The summed E-state index contributed by atoms with van der Waals surface area (Å²) in [5, 5.41) is 3.15. The quantitative estimate of drug-likeness (QED) is 0.794. The highest BCUT2D eigenvalue weighted by atomic mass is 16.2. The van der Waals surface area contributed by atoms with Crippen LogP contribution in [0.4, 0.5) is 0 Å². The maximum atomic E-state index is 13.3. The molecule has 1 N–H and O–H groups in total. The minimum atomic E-state index is -0.862. The van der Waals surface area contributed by atoms with Gasteiger partial charge in [0.1, 0.15) is 6.04 Å². The van der Waals surface area contributed by atoms with Crippen molar-refractivity contribution in [3.63, 3.8) is 0 Å². The van der Waals surface area contributed by atoms with Crippen LogP contribution in [0.3, 0.4) is 0 Å². The van der Waals surface area contributed by atoms with Crippen LogP contribution in [0, 0.1) is 5.92 Å². The van der Waals surface area contributed by atoms with E-state index in [0.29, 0.717) is 23.5 Å². The summed E-state index contributed by atoms with van der Waals surface area (Å²) in [5.41, 5.74) is 1.66. The van der Waals surface area contributed by atoms with Gasteiger partial charge in [0.2, 0.25) is 5.91 Å². The van der Waals surface area contributed by atoms with Gasteiger partial charge in [-0.2, -0.15) is 0 Å². The van der Waals surface area contributed by atoms with E-state index in [1.807, 2.05) is 30.3 Å². The minimum absolute atomic E-state index is 0.0877. The molecule has 5 nitrogen and oxygen atoms in total. The van der Waals surface area contributed by atoms with Crippen LogP contribution in [0.15, 0.2) is 54.6 Å². The normalized spacial score (nSPS) is 22.3. The van der Waals surface area contributed by atoms with Crippen LogP contribution < -0.4 is 5.32 Å². The largest absolute Gasteiger partial charge is 0.351 e. The predicted octanol–water partition coefficient (Wildman–Crippen LogP) is 3.59. The number of hydrogen-bond acceptors (Lipinski definition) is 3. The molecule has 0 bridgehead atoms. The molecular weight excluding hydrogens is 364 g/mol. The van der Waals surface area contributed by atoms with E-state index in [1.165, 1.54) is 6.42 Å². The van der Waals surface area contributed by atoms with Gasteiger partial charge in [0.25, 0.3) is 11.8 Å². The van der Waals surface area contributed by atoms with E-state index in [4.69, 9.17) is 0 Å². The van der Waals surface area contributed by atoms with E-state index in [2.05, 4.69) is 12.2 Å². The molecule has 29 heavy (non-hydrogen) atoms. The summed E-state index contributed by atoms with van der Waals surface area (Å²) in [5.74, 6) is -0.633. The average Bonchev–Trinajstić information content (AvgIpc) is 2.99. The SMILES string of the molecule is CC1CCCCC1NC(=O)[C@H](Cc1ccccc1)N1C(=O)c2ccccc2C1=O. The van der Waals surface area contributed by atoms with Crippen LogP contribution in [-0.4, -0.2) is 34.7 Å². The van der Waals surface area contributed by atoms with Gasteiger partial charge < -0.3 is 5.32 Å². The number of nitrogens with one attached hydrogen (secondary N) is 1. The van der Waals surface area contributed by atoms with Gasteiger partial charge in [-0.3, -0.25) is 19.3 Å². The van der Waals surface area contributed by atoms with E-state index in [0.717, 1.165) is 29.7 Å². The second-order valence-corrected chi connectivity index (χ2v) is 8.11. The molecule has 4 rings (SSSR count). The Morgan fingerprint density at radius 2 is 1.55 bits per heavy atom. The van der Waals surface area contributed by atoms with Gasteiger partial charge in [-0.05, 0) is 36.5 Å². The number of fused-ring (bicyclic) bond motifs is 1. The van der Waals surface area contributed by atoms with E-state index in [9.17, 15) is 14.4 Å². The fourth-order valence-electron chi connectivity index (χ4n) is 4.44. The minimum Gasteiger partial charge on any atom is -0.351 e. The molecule has 2 aromatic carbocycles. The summed E-state index contributed by atoms with van der Waals surface area (Å²) >= 11 is 0. The van der Waals surface area contributed by atoms with Crippen LogP contribution in [0.2, 0.25) is 0 Å². The highest BCUT2D eigenvalue weighted by molar-refractivity contribution is 6.22. The molecule has 1 aliphatic carbocycles. The third kappa shape index (κ3) is 3.82. The molecule has 150 valence electrons. The molecule has 0 aromatic heterocycles. The van der Waals surface area contributed by atoms with Crippen molar-refractivity contribution in [2.45, 2.75) is 51.1 Å². The fraction of sp³-hybridized carbons (Fsp3) is 0.375. The third-order valence-corrected chi connectivity index (χ3v) is 6.15. The Morgan fingerprint density at radius 3 is 2.17 bits per heavy atom. The summed E-state index contributed by atoms with van der Waals surface area (Å²) in [7, 11) is 0. The van der Waals surface area contributed by atoms with Gasteiger partial charge >= 0.3 is 0 Å². The van der Waals surface area contributed by atoms with E-state index in [-0.39, 0.29) is 11.9 Å². The number of benzene rings is 2. The Balaban J connectivity index is 1.63. The van der Waals surface area contributed by atoms with Crippen molar-refractivity contribution in [1.29, 1.82) is 0 Å². The molecule has 0 saturated heterocycles. The second-order valence-electron chi connectivity index (χ2n) is 8.11. The maximum absolute atomic E-state index is 13.3. The zero-order valence-electron chi connectivity index (χ0n) is 16.6. The summed E-state index contributed by atoms with van der Waals surface area (Å²) in [4.78, 5) is 40.5. The third-order valence-electron chi connectivity index (χ3n) is 6.15. The molecule has 1 fully saturated rings. The number of nitrogens with zero attached hydrogens (tertiary/aromatic N) is 1. The summed E-state index contributed by atoms with van der Waals surface area (Å²) < 4.78 is 0. The number of carbonyl (C=O) groups is 3. The summed E-state index contributed by atoms with van der Waals surface area (Å²) in [6, 6.07) is 15.5. The van der Waals surface area contributed by atoms with Crippen molar-refractivity contribution in [2.24, 2.45) is 5.92 Å². The van der Waals surface area contributed by atoms with E-state index in [1.54, 1.807) is 24.3 Å². The molecule has 5 heteroatoms. The second kappa shape index (κ2) is 8.19. The molecular formula is C24H26N2O3. The monoisotopic (exact) mass is 390 g/mol. The van der Waals surface area contributed by atoms with Gasteiger partial charge in [0, 0.05) is 12.5 Å². The summed E-state index contributed by atoms with van der Waals surface area (Å²) in [6.45, 7) is 2.15. The molecule has 1 saturated carbocycles. The Bertz CT molecular complexity index is 890. The van der Waals surface area contributed by atoms with Gasteiger partial charge in [-0.15, -0.1) is 0 Å². The van der Waals surface area contributed by atoms with Crippen molar-refractivity contribution in [2.75, 3.05) is 0 Å². The van der Waals surface area contributed by atoms with Gasteiger partial charge in [0.05, 0.1) is 11.1 Å². The summed E-state index contributed by atoms with van der Waals surface area (Å²) in [6.07, 6.45) is 4.60. The van der Waals surface area contributed by atoms with E-state index < -0.39 is 17.9 Å².